The average Bonchev–Trinajstić information content (AvgIpc) is 2.28. The van der Waals surface area contributed by atoms with Crippen molar-refractivity contribution in [2.24, 2.45) is 5.73 Å². The van der Waals surface area contributed by atoms with Crippen molar-refractivity contribution in [1.82, 2.24) is 4.90 Å². The van der Waals surface area contributed by atoms with Gasteiger partial charge in [0.2, 0.25) is 0 Å². The summed E-state index contributed by atoms with van der Waals surface area (Å²) in [7, 11) is 2.04. The standard InChI is InChI=1S/C12H18N2O/c1-14-7-6-9-4-2-3-5-10(9)12(14)11(15)8-13/h2-5,11-12,15H,6-8,13H2,1H3. The molecule has 0 fully saturated rings. The van der Waals surface area contributed by atoms with Crippen LogP contribution in [0.1, 0.15) is 17.2 Å². The fourth-order valence-electron chi connectivity index (χ4n) is 2.35. The minimum Gasteiger partial charge on any atom is -0.390 e. The zero-order valence-corrected chi connectivity index (χ0v) is 9.06. The van der Waals surface area contributed by atoms with Gasteiger partial charge in [0.1, 0.15) is 0 Å². The molecule has 1 aliphatic heterocycles. The highest BCUT2D eigenvalue weighted by atomic mass is 16.3. The van der Waals surface area contributed by atoms with Gasteiger partial charge in [-0.15, -0.1) is 0 Å². The molecular formula is C12H18N2O. The van der Waals surface area contributed by atoms with Crippen molar-refractivity contribution in [3.63, 3.8) is 0 Å². The lowest BCUT2D eigenvalue weighted by atomic mass is 9.90. The van der Waals surface area contributed by atoms with Gasteiger partial charge >= 0.3 is 0 Å². The molecule has 3 heteroatoms. The van der Waals surface area contributed by atoms with Crippen LogP contribution in [0.2, 0.25) is 0 Å². The first-order valence-electron chi connectivity index (χ1n) is 5.40. The zero-order valence-electron chi connectivity index (χ0n) is 9.06. The summed E-state index contributed by atoms with van der Waals surface area (Å²) in [4.78, 5) is 2.18. The molecule has 0 saturated carbocycles. The van der Waals surface area contributed by atoms with Crippen molar-refractivity contribution < 1.29 is 5.11 Å². The SMILES string of the molecule is CN1CCc2ccccc2C1C(O)CN. The van der Waals surface area contributed by atoms with Crippen LogP contribution in [0, 0.1) is 0 Å². The molecule has 1 heterocycles. The van der Waals surface area contributed by atoms with Gasteiger partial charge in [0.25, 0.3) is 0 Å². The third kappa shape index (κ3) is 1.91. The van der Waals surface area contributed by atoms with Crippen LogP contribution in [-0.4, -0.2) is 36.2 Å². The summed E-state index contributed by atoms with van der Waals surface area (Å²) in [5.74, 6) is 0. The van der Waals surface area contributed by atoms with E-state index >= 15 is 0 Å². The Hall–Kier alpha value is -0.900. The lowest BCUT2D eigenvalue weighted by Crippen LogP contribution is -2.42. The van der Waals surface area contributed by atoms with E-state index in [-0.39, 0.29) is 6.04 Å². The summed E-state index contributed by atoms with van der Waals surface area (Å²) >= 11 is 0. The Morgan fingerprint density at radius 3 is 3.00 bits per heavy atom. The van der Waals surface area contributed by atoms with Gasteiger partial charge in [-0.3, -0.25) is 4.90 Å². The summed E-state index contributed by atoms with van der Waals surface area (Å²) in [5.41, 5.74) is 8.11. The van der Waals surface area contributed by atoms with Crippen LogP contribution >= 0.6 is 0 Å². The molecule has 3 N–H and O–H groups in total. The molecule has 15 heavy (non-hydrogen) atoms. The van der Waals surface area contributed by atoms with Gasteiger partial charge in [-0.2, -0.15) is 0 Å². The van der Waals surface area contributed by atoms with Gasteiger partial charge in [-0.05, 0) is 24.6 Å². The first kappa shape index (κ1) is 10.6. The molecule has 0 saturated heterocycles. The maximum Gasteiger partial charge on any atom is 0.0858 e. The smallest absolute Gasteiger partial charge is 0.0858 e. The van der Waals surface area contributed by atoms with Crippen LogP contribution in [0.4, 0.5) is 0 Å². The van der Waals surface area contributed by atoms with E-state index < -0.39 is 6.10 Å². The van der Waals surface area contributed by atoms with E-state index in [2.05, 4.69) is 23.1 Å². The van der Waals surface area contributed by atoms with Crippen molar-refractivity contribution in [1.29, 1.82) is 0 Å². The molecule has 2 unspecified atom stereocenters. The Labute approximate surface area is 90.5 Å². The Kier molecular flexibility index (Phi) is 3.05. The van der Waals surface area contributed by atoms with Crippen LogP contribution in [0.15, 0.2) is 24.3 Å². The van der Waals surface area contributed by atoms with Gasteiger partial charge in [-0.1, -0.05) is 24.3 Å². The Morgan fingerprint density at radius 1 is 1.53 bits per heavy atom. The third-order valence-corrected chi connectivity index (χ3v) is 3.19. The average molecular weight is 206 g/mol. The summed E-state index contributed by atoms with van der Waals surface area (Å²) in [6.07, 6.45) is 0.581. The van der Waals surface area contributed by atoms with E-state index in [9.17, 15) is 5.11 Å². The number of rotatable bonds is 2. The number of nitrogens with zero attached hydrogens (tertiary/aromatic N) is 1. The highest BCUT2D eigenvalue weighted by Gasteiger charge is 2.29. The van der Waals surface area contributed by atoms with E-state index in [0.29, 0.717) is 6.54 Å². The summed E-state index contributed by atoms with van der Waals surface area (Å²) in [5, 5.41) is 9.93. The maximum atomic E-state index is 9.93. The van der Waals surface area contributed by atoms with Crippen LogP contribution < -0.4 is 5.73 Å². The molecule has 82 valence electrons. The molecule has 0 amide bonds. The number of aliphatic hydroxyl groups excluding tert-OH is 1. The van der Waals surface area contributed by atoms with Gasteiger partial charge < -0.3 is 10.8 Å². The highest BCUT2D eigenvalue weighted by molar-refractivity contribution is 5.33. The highest BCUT2D eigenvalue weighted by Crippen LogP contribution is 2.30. The second-order valence-corrected chi connectivity index (χ2v) is 4.18. The van der Waals surface area contributed by atoms with Crippen molar-refractivity contribution >= 4 is 0 Å². The van der Waals surface area contributed by atoms with E-state index in [0.717, 1.165) is 13.0 Å². The lowest BCUT2D eigenvalue weighted by molar-refractivity contribution is 0.0628. The molecule has 2 atom stereocenters. The number of fused-ring (bicyclic) bond motifs is 1. The predicted molar refractivity (Wildman–Crippen MR) is 60.6 cm³/mol. The second-order valence-electron chi connectivity index (χ2n) is 4.18. The number of aliphatic hydroxyl groups is 1. The maximum absolute atomic E-state index is 9.93. The molecular weight excluding hydrogens is 188 g/mol. The fourth-order valence-corrected chi connectivity index (χ4v) is 2.35. The van der Waals surface area contributed by atoms with Crippen LogP contribution in [-0.2, 0) is 6.42 Å². The number of likely N-dealkylation sites (N-methyl/N-ethyl adjacent to an activating group) is 1. The number of hydrogen-bond donors (Lipinski definition) is 2. The van der Waals surface area contributed by atoms with Gasteiger partial charge in [0.05, 0.1) is 12.1 Å². The fraction of sp³-hybridized carbons (Fsp3) is 0.500. The molecule has 0 bridgehead atoms. The molecule has 1 aliphatic rings. The molecule has 1 aromatic carbocycles. The predicted octanol–water partition coefficient (Wildman–Crippen LogP) is 0.535. The Morgan fingerprint density at radius 2 is 2.27 bits per heavy atom. The summed E-state index contributed by atoms with van der Waals surface area (Å²) in [6, 6.07) is 8.36. The first-order chi connectivity index (χ1) is 7.24. The summed E-state index contributed by atoms with van der Waals surface area (Å²) < 4.78 is 0. The monoisotopic (exact) mass is 206 g/mol. The topological polar surface area (TPSA) is 49.5 Å². The van der Waals surface area contributed by atoms with Gasteiger partial charge in [-0.25, -0.2) is 0 Å². The minimum absolute atomic E-state index is 0.0555. The Balaban J connectivity index is 2.37. The van der Waals surface area contributed by atoms with E-state index in [1.165, 1.54) is 11.1 Å². The normalized spacial score (nSPS) is 23.5. The van der Waals surface area contributed by atoms with E-state index in [4.69, 9.17) is 5.73 Å². The van der Waals surface area contributed by atoms with Crippen molar-refractivity contribution in [3.05, 3.63) is 35.4 Å². The summed E-state index contributed by atoms with van der Waals surface area (Å²) in [6.45, 7) is 1.29. The zero-order chi connectivity index (χ0) is 10.8. The first-order valence-corrected chi connectivity index (χ1v) is 5.40. The largest absolute Gasteiger partial charge is 0.390 e. The molecule has 0 aliphatic carbocycles. The quantitative estimate of drug-likeness (QED) is 0.742. The van der Waals surface area contributed by atoms with E-state index in [1.807, 2.05) is 13.1 Å². The molecule has 2 rings (SSSR count). The van der Waals surface area contributed by atoms with E-state index in [1.54, 1.807) is 0 Å². The molecule has 1 aromatic rings. The molecule has 0 spiro atoms. The van der Waals surface area contributed by atoms with Gasteiger partial charge in [0, 0.05) is 13.1 Å². The molecule has 3 nitrogen and oxygen atoms in total. The van der Waals surface area contributed by atoms with Crippen LogP contribution in [0.25, 0.3) is 0 Å². The van der Waals surface area contributed by atoms with Crippen LogP contribution in [0.3, 0.4) is 0 Å². The molecule has 0 aromatic heterocycles. The van der Waals surface area contributed by atoms with Crippen molar-refractivity contribution in [2.45, 2.75) is 18.6 Å². The minimum atomic E-state index is -0.476. The Bertz CT molecular complexity index is 340. The second kappa shape index (κ2) is 4.31. The van der Waals surface area contributed by atoms with Crippen molar-refractivity contribution in [3.8, 4) is 0 Å². The lowest BCUT2D eigenvalue weighted by Gasteiger charge is -2.37. The number of benzene rings is 1. The third-order valence-electron chi connectivity index (χ3n) is 3.19. The van der Waals surface area contributed by atoms with Crippen LogP contribution in [0.5, 0.6) is 0 Å². The van der Waals surface area contributed by atoms with Crippen molar-refractivity contribution in [2.75, 3.05) is 20.1 Å². The number of nitrogens with two attached hydrogens (primary N) is 1. The van der Waals surface area contributed by atoms with Gasteiger partial charge in [0.15, 0.2) is 0 Å². The number of hydrogen-bond acceptors (Lipinski definition) is 3. The molecule has 0 radical (unpaired) electrons.